The minimum absolute atomic E-state index is 0.221. The maximum absolute atomic E-state index is 12.6. The summed E-state index contributed by atoms with van der Waals surface area (Å²) in [6.45, 7) is 0. The molecule has 0 radical (unpaired) electrons. The number of hydrogen-bond acceptors (Lipinski definition) is 5. The molecule has 0 aliphatic heterocycles. The first-order valence-corrected chi connectivity index (χ1v) is 8.60. The average Bonchev–Trinajstić information content (AvgIpc) is 3.07. The molecule has 2 N–H and O–H groups in total. The number of carbonyl (C=O) groups excluding carboxylic acids is 1. The summed E-state index contributed by atoms with van der Waals surface area (Å²) >= 11 is 1.43. The van der Waals surface area contributed by atoms with Gasteiger partial charge in [-0.2, -0.15) is 0 Å². The van der Waals surface area contributed by atoms with Crippen LogP contribution in [0.25, 0.3) is 10.6 Å². The van der Waals surface area contributed by atoms with Crippen LogP contribution in [0.4, 0.5) is 0 Å². The van der Waals surface area contributed by atoms with E-state index in [1.807, 2.05) is 30.3 Å². The van der Waals surface area contributed by atoms with Crippen molar-refractivity contribution in [2.45, 2.75) is 37.5 Å². The highest BCUT2D eigenvalue weighted by atomic mass is 32.1. The zero-order chi connectivity index (χ0) is 16.4. The van der Waals surface area contributed by atoms with Gasteiger partial charge in [-0.15, -0.1) is 11.3 Å². The Labute approximate surface area is 139 Å². The molecule has 23 heavy (non-hydrogen) atoms. The van der Waals surface area contributed by atoms with Gasteiger partial charge >= 0.3 is 0 Å². The molecular weight excluding hydrogens is 312 g/mol. The summed E-state index contributed by atoms with van der Waals surface area (Å²) in [5.74, 6) is -0.221. The van der Waals surface area contributed by atoms with Crippen LogP contribution in [0.3, 0.4) is 0 Å². The van der Waals surface area contributed by atoms with Crippen molar-refractivity contribution in [2.75, 3.05) is 7.05 Å². The van der Waals surface area contributed by atoms with Gasteiger partial charge in [-0.25, -0.2) is 4.98 Å². The number of amides is 1. The molecule has 0 unspecified atom stereocenters. The highest BCUT2D eigenvalue weighted by Gasteiger charge is 2.35. The van der Waals surface area contributed by atoms with Crippen molar-refractivity contribution in [1.29, 1.82) is 0 Å². The molecule has 1 amide bonds. The van der Waals surface area contributed by atoms with E-state index in [2.05, 4.69) is 4.98 Å². The van der Waals surface area contributed by atoms with Crippen molar-refractivity contribution < 1.29 is 15.0 Å². The molecule has 122 valence electrons. The maximum Gasteiger partial charge on any atom is 0.273 e. The molecule has 1 aliphatic carbocycles. The lowest BCUT2D eigenvalue weighted by molar-refractivity contribution is -0.0527. The largest absolute Gasteiger partial charge is 0.390 e. The van der Waals surface area contributed by atoms with Crippen molar-refractivity contribution in [3.05, 3.63) is 41.4 Å². The number of thiazole rings is 1. The van der Waals surface area contributed by atoms with Crippen LogP contribution >= 0.6 is 11.3 Å². The van der Waals surface area contributed by atoms with E-state index in [9.17, 15) is 15.0 Å². The lowest BCUT2D eigenvalue weighted by atomic mass is 9.89. The summed E-state index contributed by atoms with van der Waals surface area (Å²) in [5, 5.41) is 22.5. The van der Waals surface area contributed by atoms with Gasteiger partial charge in [-0.1, -0.05) is 30.3 Å². The Morgan fingerprint density at radius 3 is 2.74 bits per heavy atom. The van der Waals surface area contributed by atoms with Crippen molar-refractivity contribution in [1.82, 2.24) is 9.88 Å². The molecule has 1 heterocycles. The molecule has 1 saturated carbocycles. The summed E-state index contributed by atoms with van der Waals surface area (Å²) in [7, 11) is 1.66. The standard InChI is InChI=1S/C17H20N2O3S/c1-19(13-8-5-9-14(20)15(13)21)17(22)12-10-23-16(18-12)11-6-3-2-4-7-11/h2-4,6-7,10,13-15,20-21H,5,8-9H2,1H3/t13-,14-,15-/m1/s1. The van der Waals surface area contributed by atoms with Gasteiger partial charge < -0.3 is 15.1 Å². The Bertz CT molecular complexity index is 673. The number of aliphatic hydroxyl groups excluding tert-OH is 2. The fraction of sp³-hybridized carbons (Fsp3) is 0.412. The van der Waals surface area contributed by atoms with Crippen LogP contribution in [0.5, 0.6) is 0 Å². The Hall–Kier alpha value is -1.76. The van der Waals surface area contributed by atoms with Crippen LogP contribution in [0.2, 0.25) is 0 Å². The first-order chi connectivity index (χ1) is 11.1. The SMILES string of the molecule is CN(C(=O)c1csc(-c2ccccc2)n1)[C@@H]1CCC[C@@H](O)[C@@H]1O. The smallest absolute Gasteiger partial charge is 0.273 e. The first kappa shape index (κ1) is 16.1. The normalized spacial score (nSPS) is 24.4. The summed E-state index contributed by atoms with van der Waals surface area (Å²) in [4.78, 5) is 18.6. The van der Waals surface area contributed by atoms with Gasteiger partial charge in [0.1, 0.15) is 16.8 Å². The summed E-state index contributed by atoms with van der Waals surface area (Å²) in [5.41, 5.74) is 1.36. The fourth-order valence-corrected chi connectivity index (χ4v) is 3.77. The number of rotatable bonds is 3. The highest BCUT2D eigenvalue weighted by molar-refractivity contribution is 7.13. The first-order valence-electron chi connectivity index (χ1n) is 7.72. The number of carbonyl (C=O) groups is 1. The molecule has 5 nitrogen and oxygen atoms in total. The van der Waals surface area contributed by atoms with Gasteiger partial charge in [0.25, 0.3) is 5.91 Å². The van der Waals surface area contributed by atoms with E-state index in [0.29, 0.717) is 18.5 Å². The van der Waals surface area contributed by atoms with Crippen molar-refractivity contribution in [3.8, 4) is 10.6 Å². The van der Waals surface area contributed by atoms with Crippen LogP contribution < -0.4 is 0 Å². The molecule has 0 bridgehead atoms. The van der Waals surface area contributed by atoms with Gasteiger partial charge in [0.2, 0.25) is 0 Å². The van der Waals surface area contributed by atoms with E-state index in [0.717, 1.165) is 17.0 Å². The monoisotopic (exact) mass is 332 g/mol. The van der Waals surface area contributed by atoms with Gasteiger partial charge in [-0.3, -0.25) is 4.79 Å². The van der Waals surface area contributed by atoms with E-state index in [1.54, 1.807) is 12.4 Å². The fourth-order valence-electron chi connectivity index (χ4n) is 2.97. The number of hydrogen-bond donors (Lipinski definition) is 2. The van der Waals surface area contributed by atoms with E-state index >= 15 is 0 Å². The van der Waals surface area contributed by atoms with E-state index in [-0.39, 0.29) is 11.9 Å². The maximum atomic E-state index is 12.6. The van der Waals surface area contributed by atoms with Crippen LogP contribution in [0, 0.1) is 0 Å². The Morgan fingerprint density at radius 2 is 2.00 bits per heavy atom. The summed E-state index contributed by atoms with van der Waals surface area (Å²) in [6, 6.07) is 9.35. The zero-order valence-corrected chi connectivity index (χ0v) is 13.7. The quantitative estimate of drug-likeness (QED) is 0.903. The van der Waals surface area contributed by atoms with E-state index in [1.165, 1.54) is 16.2 Å². The second-order valence-corrected chi connectivity index (χ2v) is 6.73. The number of likely N-dealkylation sites (N-methyl/N-ethyl adjacent to an activating group) is 1. The topological polar surface area (TPSA) is 73.7 Å². The van der Waals surface area contributed by atoms with Crippen LogP contribution in [0.1, 0.15) is 29.8 Å². The molecule has 1 aliphatic rings. The van der Waals surface area contributed by atoms with E-state index < -0.39 is 12.2 Å². The van der Waals surface area contributed by atoms with E-state index in [4.69, 9.17) is 0 Å². The highest BCUT2D eigenvalue weighted by Crippen LogP contribution is 2.27. The molecule has 0 spiro atoms. The Morgan fingerprint density at radius 1 is 1.26 bits per heavy atom. The number of nitrogens with zero attached hydrogens (tertiary/aromatic N) is 2. The molecule has 3 atom stereocenters. The predicted octanol–water partition coefficient (Wildman–Crippen LogP) is 2.16. The lowest BCUT2D eigenvalue weighted by Crippen LogP contribution is -2.51. The molecule has 1 aromatic heterocycles. The van der Waals surface area contributed by atoms with Crippen LogP contribution in [-0.4, -0.2) is 51.3 Å². The van der Waals surface area contributed by atoms with Crippen LogP contribution in [-0.2, 0) is 0 Å². The second-order valence-electron chi connectivity index (χ2n) is 5.88. The Balaban J connectivity index is 1.77. The Kier molecular flexibility index (Phi) is 4.75. The average molecular weight is 332 g/mol. The molecule has 1 aromatic carbocycles. The van der Waals surface area contributed by atoms with Gasteiger partial charge in [-0.05, 0) is 19.3 Å². The second kappa shape index (κ2) is 6.78. The molecule has 3 rings (SSSR count). The third kappa shape index (κ3) is 3.29. The number of benzene rings is 1. The van der Waals surface area contributed by atoms with Crippen molar-refractivity contribution in [2.24, 2.45) is 0 Å². The molecular formula is C17H20N2O3S. The van der Waals surface area contributed by atoms with Gasteiger partial charge in [0.15, 0.2) is 0 Å². The van der Waals surface area contributed by atoms with Gasteiger partial charge in [0.05, 0.1) is 12.1 Å². The molecule has 6 heteroatoms. The third-order valence-corrected chi connectivity index (χ3v) is 5.24. The van der Waals surface area contributed by atoms with Gasteiger partial charge in [0, 0.05) is 18.0 Å². The molecule has 1 fully saturated rings. The molecule has 0 saturated heterocycles. The van der Waals surface area contributed by atoms with Crippen LogP contribution in [0.15, 0.2) is 35.7 Å². The predicted molar refractivity (Wildman–Crippen MR) is 89.3 cm³/mol. The lowest BCUT2D eigenvalue weighted by Gasteiger charge is -2.37. The van der Waals surface area contributed by atoms with Crippen molar-refractivity contribution in [3.63, 3.8) is 0 Å². The minimum atomic E-state index is -0.898. The molecule has 2 aromatic rings. The summed E-state index contributed by atoms with van der Waals surface area (Å²) < 4.78 is 0. The van der Waals surface area contributed by atoms with Crippen molar-refractivity contribution >= 4 is 17.2 Å². The number of aliphatic hydroxyl groups is 2. The summed E-state index contributed by atoms with van der Waals surface area (Å²) in [6.07, 6.45) is 0.404. The zero-order valence-electron chi connectivity index (χ0n) is 12.9. The minimum Gasteiger partial charge on any atom is -0.390 e. The number of aromatic nitrogens is 1. The third-order valence-electron chi connectivity index (χ3n) is 4.35.